The molecule has 34 heavy (non-hydrogen) atoms. The Morgan fingerprint density at radius 2 is 1.79 bits per heavy atom. The molecule has 4 aromatic rings. The number of nitriles is 1. The SMILES string of the molecule is Cc1ccc(S(=O)(=O)n2ccc3c(CC(=O)O)c(Oc4ccc(F)c(C#N)c4)c(F)cc32)cc1. The Hall–Kier alpha value is -4.23. The maximum atomic E-state index is 15.2. The Balaban J connectivity index is 1.89. The molecule has 0 atom stereocenters. The van der Waals surface area contributed by atoms with Crippen molar-refractivity contribution in [1.29, 1.82) is 5.26 Å². The molecule has 10 heteroatoms. The topological polar surface area (TPSA) is 109 Å². The van der Waals surface area contributed by atoms with Gasteiger partial charge in [-0.15, -0.1) is 0 Å². The molecular weight excluding hydrogens is 466 g/mol. The summed E-state index contributed by atoms with van der Waals surface area (Å²) in [6, 6.07) is 13.2. The van der Waals surface area contributed by atoms with Gasteiger partial charge in [-0.05, 0) is 37.3 Å². The zero-order valence-electron chi connectivity index (χ0n) is 17.6. The first-order chi connectivity index (χ1) is 16.1. The summed E-state index contributed by atoms with van der Waals surface area (Å²) in [7, 11) is -4.10. The molecule has 0 unspecified atom stereocenters. The number of hydrogen-bond acceptors (Lipinski definition) is 5. The second-order valence-electron chi connectivity index (χ2n) is 7.45. The molecule has 0 saturated heterocycles. The summed E-state index contributed by atoms with van der Waals surface area (Å²) in [6.07, 6.45) is 0.532. The van der Waals surface area contributed by atoms with E-state index in [0.29, 0.717) is 0 Å². The highest BCUT2D eigenvalue weighted by Gasteiger charge is 2.25. The average molecular weight is 482 g/mol. The predicted molar refractivity (Wildman–Crippen MR) is 118 cm³/mol. The first-order valence-corrected chi connectivity index (χ1v) is 11.3. The van der Waals surface area contributed by atoms with Gasteiger partial charge in [0.1, 0.15) is 17.6 Å². The van der Waals surface area contributed by atoms with E-state index >= 15 is 4.39 Å². The molecule has 3 aromatic carbocycles. The van der Waals surface area contributed by atoms with Crippen molar-refractivity contribution >= 4 is 26.9 Å². The number of carboxylic acids is 1. The maximum absolute atomic E-state index is 15.2. The number of halogens is 2. The second kappa shape index (κ2) is 8.61. The van der Waals surface area contributed by atoms with Crippen molar-refractivity contribution in [1.82, 2.24) is 3.97 Å². The second-order valence-corrected chi connectivity index (χ2v) is 9.27. The largest absolute Gasteiger partial charge is 0.481 e. The number of aromatic nitrogens is 1. The lowest BCUT2D eigenvalue weighted by atomic mass is 10.1. The molecule has 0 aliphatic rings. The summed E-state index contributed by atoms with van der Waals surface area (Å²) in [5, 5.41) is 18.6. The van der Waals surface area contributed by atoms with Crippen LogP contribution in [-0.2, 0) is 21.2 Å². The highest BCUT2D eigenvalue weighted by Crippen LogP contribution is 2.37. The van der Waals surface area contributed by atoms with Crippen LogP contribution in [0.5, 0.6) is 11.5 Å². The van der Waals surface area contributed by atoms with Crippen molar-refractivity contribution in [3.8, 4) is 17.6 Å². The molecule has 1 aromatic heterocycles. The molecule has 0 radical (unpaired) electrons. The monoisotopic (exact) mass is 482 g/mol. The van der Waals surface area contributed by atoms with Gasteiger partial charge in [-0.2, -0.15) is 5.26 Å². The van der Waals surface area contributed by atoms with Crippen molar-refractivity contribution in [3.63, 3.8) is 0 Å². The highest BCUT2D eigenvalue weighted by molar-refractivity contribution is 7.90. The fraction of sp³-hybridized carbons (Fsp3) is 0.0833. The Morgan fingerprint density at radius 3 is 2.44 bits per heavy atom. The summed E-state index contributed by atoms with van der Waals surface area (Å²) in [5.41, 5.74) is 0.337. The number of aliphatic carboxylic acids is 1. The van der Waals surface area contributed by atoms with Gasteiger partial charge in [-0.1, -0.05) is 17.7 Å². The molecule has 0 aliphatic heterocycles. The van der Waals surface area contributed by atoms with E-state index in [2.05, 4.69) is 0 Å². The van der Waals surface area contributed by atoms with E-state index < -0.39 is 39.8 Å². The summed E-state index contributed by atoms with van der Waals surface area (Å²) in [5.74, 6) is -3.67. The summed E-state index contributed by atoms with van der Waals surface area (Å²) < 4.78 is 61.6. The van der Waals surface area contributed by atoms with Gasteiger partial charge in [0.15, 0.2) is 11.6 Å². The Kier molecular flexibility index (Phi) is 5.81. The molecule has 172 valence electrons. The van der Waals surface area contributed by atoms with Crippen molar-refractivity contribution < 1.29 is 31.8 Å². The van der Waals surface area contributed by atoms with Crippen LogP contribution >= 0.6 is 0 Å². The van der Waals surface area contributed by atoms with Crippen LogP contribution in [-0.4, -0.2) is 23.5 Å². The Labute approximate surface area is 193 Å². The Bertz CT molecular complexity index is 1590. The zero-order valence-corrected chi connectivity index (χ0v) is 18.4. The van der Waals surface area contributed by atoms with Gasteiger partial charge < -0.3 is 9.84 Å². The molecule has 0 bridgehead atoms. The van der Waals surface area contributed by atoms with E-state index in [4.69, 9.17) is 10.00 Å². The quantitative estimate of drug-likeness (QED) is 0.425. The molecule has 4 rings (SSSR count). The number of carboxylic acid groups (broad SMARTS) is 1. The van der Waals surface area contributed by atoms with E-state index in [9.17, 15) is 22.7 Å². The van der Waals surface area contributed by atoms with Gasteiger partial charge in [0, 0.05) is 29.3 Å². The Morgan fingerprint density at radius 1 is 1.09 bits per heavy atom. The minimum absolute atomic E-state index is 0.0218. The van der Waals surface area contributed by atoms with Crippen molar-refractivity contribution in [3.05, 3.63) is 89.1 Å². The van der Waals surface area contributed by atoms with Gasteiger partial charge in [0.2, 0.25) is 0 Å². The number of carbonyl (C=O) groups is 1. The molecule has 0 fully saturated rings. The molecular formula is C24H16F2N2O5S. The third kappa shape index (κ3) is 4.09. The normalized spacial score (nSPS) is 11.4. The summed E-state index contributed by atoms with van der Waals surface area (Å²) in [4.78, 5) is 11.5. The molecule has 0 saturated carbocycles. The standard InChI is InChI=1S/C24H16F2N2O5S/c1-14-2-5-17(6-3-14)34(31,32)28-9-8-18-19(11-23(29)30)24(21(26)12-22(18)28)33-16-4-7-20(25)15(10-16)13-27/h2-10,12H,11H2,1H3,(H,29,30). The van der Waals surface area contributed by atoms with E-state index in [1.54, 1.807) is 25.1 Å². The van der Waals surface area contributed by atoms with E-state index in [0.717, 1.165) is 33.8 Å². The van der Waals surface area contributed by atoms with Crippen LogP contribution in [0.2, 0.25) is 0 Å². The van der Waals surface area contributed by atoms with Crippen LogP contribution in [0, 0.1) is 29.9 Å². The maximum Gasteiger partial charge on any atom is 0.307 e. The average Bonchev–Trinajstić information content (AvgIpc) is 3.21. The number of ether oxygens (including phenoxy) is 1. The third-order valence-corrected chi connectivity index (χ3v) is 6.86. The molecule has 1 heterocycles. The minimum atomic E-state index is -4.10. The van der Waals surface area contributed by atoms with Gasteiger partial charge in [-0.25, -0.2) is 21.2 Å². The smallest absolute Gasteiger partial charge is 0.307 e. The van der Waals surface area contributed by atoms with Crippen LogP contribution in [0.25, 0.3) is 10.9 Å². The lowest BCUT2D eigenvalue weighted by molar-refractivity contribution is -0.136. The number of nitrogens with zero attached hydrogens (tertiary/aromatic N) is 2. The predicted octanol–water partition coefficient (Wildman–Crippen LogP) is 4.76. The van der Waals surface area contributed by atoms with Crippen molar-refractivity contribution in [2.45, 2.75) is 18.2 Å². The molecule has 0 amide bonds. The summed E-state index contributed by atoms with van der Waals surface area (Å²) in [6.45, 7) is 1.80. The first-order valence-electron chi connectivity index (χ1n) is 9.86. The zero-order chi connectivity index (χ0) is 24.6. The van der Waals surface area contributed by atoms with Gasteiger partial charge >= 0.3 is 5.97 Å². The number of aryl methyl sites for hydroxylation is 1. The third-order valence-electron chi connectivity index (χ3n) is 5.15. The number of hydrogen-bond donors (Lipinski definition) is 1. The van der Waals surface area contributed by atoms with Gasteiger partial charge in [-0.3, -0.25) is 4.79 Å². The molecule has 7 nitrogen and oxygen atoms in total. The van der Waals surface area contributed by atoms with Crippen LogP contribution in [0.3, 0.4) is 0 Å². The summed E-state index contributed by atoms with van der Waals surface area (Å²) >= 11 is 0. The molecule has 0 spiro atoms. The first kappa shape index (κ1) is 22.9. The lowest BCUT2D eigenvalue weighted by Gasteiger charge is -2.14. The van der Waals surface area contributed by atoms with E-state index in [1.807, 2.05) is 0 Å². The number of fused-ring (bicyclic) bond motifs is 1. The van der Waals surface area contributed by atoms with E-state index in [1.165, 1.54) is 24.4 Å². The van der Waals surface area contributed by atoms with Crippen LogP contribution in [0.1, 0.15) is 16.7 Å². The van der Waals surface area contributed by atoms with Crippen LogP contribution < -0.4 is 4.74 Å². The molecule has 1 N–H and O–H groups in total. The van der Waals surface area contributed by atoms with Crippen molar-refractivity contribution in [2.75, 3.05) is 0 Å². The fourth-order valence-corrected chi connectivity index (χ4v) is 4.86. The van der Waals surface area contributed by atoms with Crippen LogP contribution in [0.15, 0.2) is 65.7 Å². The lowest BCUT2D eigenvalue weighted by Crippen LogP contribution is -2.12. The van der Waals surface area contributed by atoms with Crippen molar-refractivity contribution in [2.24, 2.45) is 0 Å². The number of rotatable bonds is 6. The van der Waals surface area contributed by atoms with Gasteiger partial charge in [0.05, 0.1) is 22.4 Å². The number of benzene rings is 3. The van der Waals surface area contributed by atoms with E-state index in [-0.39, 0.29) is 32.7 Å². The van der Waals surface area contributed by atoms with Crippen LogP contribution in [0.4, 0.5) is 8.78 Å². The fourth-order valence-electron chi connectivity index (χ4n) is 3.52. The minimum Gasteiger partial charge on any atom is -0.481 e. The van der Waals surface area contributed by atoms with Gasteiger partial charge in [0.25, 0.3) is 10.0 Å². The molecule has 0 aliphatic carbocycles. The highest BCUT2D eigenvalue weighted by atomic mass is 32.2.